The summed E-state index contributed by atoms with van der Waals surface area (Å²) in [5.74, 6) is 0.636. The standard InChI is InChI=1S/C17H20Cl2N4O2S/c1-21-17(23-11-13-4-5-14(18)10-16(13)19)22-9-8-12-2-6-15(7-3-12)26(20,24)25/h2-7,10H,8-9,11H2,1H3,(H2,20,24,25)(H2,21,22,23). The highest BCUT2D eigenvalue weighted by atomic mass is 35.5. The molecule has 0 aliphatic carbocycles. The molecule has 140 valence electrons. The number of primary sulfonamides is 1. The second kappa shape index (κ2) is 9.23. The Balaban J connectivity index is 1.83. The molecule has 2 aromatic carbocycles. The van der Waals surface area contributed by atoms with Crippen LogP contribution in [0.1, 0.15) is 11.1 Å². The summed E-state index contributed by atoms with van der Waals surface area (Å²) in [6, 6.07) is 11.8. The molecule has 26 heavy (non-hydrogen) atoms. The van der Waals surface area contributed by atoms with Gasteiger partial charge in [0.1, 0.15) is 0 Å². The fourth-order valence-electron chi connectivity index (χ4n) is 2.24. The topological polar surface area (TPSA) is 96.6 Å². The van der Waals surface area contributed by atoms with Gasteiger partial charge in [0.25, 0.3) is 0 Å². The molecule has 0 heterocycles. The van der Waals surface area contributed by atoms with Crippen LogP contribution in [0.5, 0.6) is 0 Å². The maximum atomic E-state index is 11.2. The molecule has 2 aromatic rings. The highest BCUT2D eigenvalue weighted by Gasteiger charge is 2.07. The lowest BCUT2D eigenvalue weighted by Crippen LogP contribution is -2.37. The monoisotopic (exact) mass is 414 g/mol. The molecule has 0 aliphatic rings. The van der Waals surface area contributed by atoms with E-state index in [0.717, 1.165) is 11.1 Å². The number of hydrogen-bond donors (Lipinski definition) is 3. The summed E-state index contributed by atoms with van der Waals surface area (Å²) < 4.78 is 22.5. The first kappa shape index (κ1) is 20.5. The largest absolute Gasteiger partial charge is 0.356 e. The third-order valence-electron chi connectivity index (χ3n) is 3.64. The average molecular weight is 415 g/mol. The number of hydrogen-bond acceptors (Lipinski definition) is 3. The minimum absolute atomic E-state index is 0.103. The first-order chi connectivity index (χ1) is 12.3. The predicted octanol–water partition coefficient (Wildman–Crippen LogP) is 2.55. The summed E-state index contributed by atoms with van der Waals surface area (Å²) in [6.07, 6.45) is 0.702. The number of nitrogens with two attached hydrogens (primary N) is 1. The maximum absolute atomic E-state index is 11.2. The minimum Gasteiger partial charge on any atom is -0.356 e. The average Bonchev–Trinajstić information content (AvgIpc) is 2.59. The van der Waals surface area contributed by atoms with E-state index >= 15 is 0 Å². The van der Waals surface area contributed by atoms with Gasteiger partial charge in [-0.25, -0.2) is 13.6 Å². The second-order valence-electron chi connectivity index (χ2n) is 5.53. The van der Waals surface area contributed by atoms with Gasteiger partial charge in [0, 0.05) is 30.2 Å². The molecular formula is C17H20Cl2N4O2S. The summed E-state index contributed by atoms with van der Waals surface area (Å²) >= 11 is 12.0. The number of nitrogens with zero attached hydrogens (tertiary/aromatic N) is 1. The number of benzene rings is 2. The molecule has 0 saturated heterocycles. The van der Waals surface area contributed by atoms with Crippen molar-refractivity contribution in [2.24, 2.45) is 10.1 Å². The Morgan fingerprint density at radius 1 is 1.12 bits per heavy atom. The molecule has 0 amide bonds. The van der Waals surface area contributed by atoms with Crippen molar-refractivity contribution in [2.45, 2.75) is 17.9 Å². The Bertz CT molecular complexity index is 884. The zero-order valence-corrected chi connectivity index (χ0v) is 16.5. The molecule has 0 saturated carbocycles. The van der Waals surface area contributed by atoms with Crippen LogP contribution in [-0.4, -0.2) is 28.0 Å². The molecule has 2 rings (SSSR count). The summed E-state index contributed by atoms with van der Waals surface area (Å²) in [7, 11) is -1.98. The first-order valence-electron chi connectivity index (χ1n) is 7.80. The van der Waals surface area contributed by atoms with Crippen molar-refractivity contribution in [3.63, 3.8) is 0 Å². The van der Waals surface area contributed by atoms with E-state index < -0.39 is 10.0 Å². The van der Waals surface area contributed by atoms with E-state index in [1.54, 1.807) is 31.3 Å². The summed E-state index contributed by atoms with van der Waals surface area (Å²) in [6.45, 7) is 1.14. The van der Waals surface area contributed by atoms with Crippen molar-refractivity contribution in [3.05, 3.63) is 63.6 Å². The number of aliphatic imine (C=N–C) groups is 1. The second-order valence-corrected chi connectivity index (χ2v) is 7.93. The fourth-order valence-corrected chi connectivity index (χ4v) is 3.23. The molecule has 0 aromatic heterocycles. The number of sulfonamides is 1. The molecule has 0 aliphatic heterocycles. The number of halogens is 2. The lowest BCUT2D eigenvalue weighted by molar-refractivity contribution is 0.598. The van der Waals surface area contributed by atoms with Crippen molar-refractivity contribution in [2.75, 3.05) is 13.6 Å². The van der Waals surface area contributed by atoms with Crippen LogP contribution >= 0.6 is 23.2 Å². The van der Waals surface area contributed by atoms with Crippen LogP contribution in [0.15, 0.2) is 52.4 Å². The molecule has 0 atom stereocenters. The van der Waals surface area contributed by atoms with Gasteiger partial charge in [0.05, 0.1) is 4.90 Å². The van der Waals surface area contributed by atoms with E-state index in [2.05, 4.69) is 15.6 Å². The fraction of sp³-hybridized carbons (Fsp3) is 0.235. The maximum Gasteiger partial charge on any atom is 0.238 e. The van der Waals surface area contributed by atoms with Gasteiger partial charge in [0.15, 0.2) is 5.96 Å². The zero-order valence-electron chi connectivity index (χ0n) is 14.2. The van der Waals surface area contributed by atoms with E-state index in [4.69, 9.17) is 28.3 Å². The highest BCUT2D eigenvalue weighted by molar-refractivity contribution is 7.89. The summed E-state index contributed by atoms with van der Waals surface area (Å²) in [4.78, 5) is 4.26. The lowest BCUT2D eigenvalue weighted by Gasteiger charge is -2.13. The van der Waals surface area contributed by atoms with E-state index in [9.17, 15) is 8.42 Å². The van der Waals surface area contributed by atoms with Crippen molar-refractivity contribution < 1.29 is 8.42 Å². The molecule has 9 heteroatoms. The molecule has 0 bridgehead atoms. The molecule has 6 nitrogen and oxygen atoms in total. The minimum atomic E-state index is -3.66. The SMILES string of the molecule is CN=C(NCCc1ccc(S(N)(=O)=O)cc1)NCc1ccc(Cl)cc1Cl. The number of guanidine groups is 1. The smallest absolute Gasteiger partial charge is 0.238 e. The number of rotatable bonds is 6. The molecule has 0 unspecified atom stereocenters. The van der Waals surface area contributed by atoms with Gasteiger partial charge in [-0.05, 0) is 41.8 Å². The van der Waals surface area contributed by atoms with Crippen LogP contribution in [-0.2, 0) is 23.0 Å². The molecule has 4 N–H and O–H groups in total. The van der Waals surface area contributed by atoms with Crippen LogP contribution in [0.3, 0.4) is 0 Å². The molecule has 0 fully saturated rings. The molecule has 0 spiro atoms. The van der Waals surface area contributed by atoms with Crippen LogP contribution in [0, 0.1) is 0 Å². The van der Waals surface area contributed by atoms with Gasteiger partial charge in [-0.15, -0.1) is 0 Å². The van der Waals surface area contributed by atoms with Crippen LogP contribution in [0.25, 0.3) is 0 Å². The van der Waals surface area contributed by atoms with Crippen molar-refractivity contribution in [1.29, 1.82) is 0 Å². The number of nitrogens with one attached hydrogen (secondary N) is 2. The van der Waals surface area contributed by atoms with Crippen molar-refractivity contribution in [1.82, 2.24) is 10.6 Å². The van der Waals surface area contributed by atoms with E-state index in [1.807, 2.05) is 6.07 Å². The van der Waals surface area contributed by atoms with Crippen LogP contribution in [0.4, 0.5) is 0 Å². The Kier molecular flexibility index (Phi) is 7.28. The summed E-state index contributed by atoms with van der Waals surface area (Å²) in [5, 5.41) is 12.6. The van der Waals surface area contributed by atoms with Gasteiger partial charge < -0.3 is 10.6 Å². The van der Waals surface area contributed by atoms with Gasteiger partial charge in [-0.1, -0.05) is 41.4 Å². The Hall–Kier alpha value is -1.80. The van der Waals surface area contributed by atoms with Crippen molar-refractivity contribution >= 4 is 39.2 Å². The zero-order chi connectivity index (χ0) is 19.2. The first-order valence-corrected chi connectivity index (χ1v) is 10.1. The normalized spacial score (nSPS) is 12.1. The van der Waals surface area contributed by atoms with Gasteiger partial charge >= 0.3 is 0 Å². The summed E-state index contributed by atoms with van der Waals surface area (Å²) in [5.41, 5.74) is 1.90. The molecular weight excluding hydrogens is 395 g/mol. The van der Waals surface area contributed by atoms with Crippen LogP contribution < -0.4 is 15.8 Å². The third-order valence-corrected chi connectivity index (χ3v) is 5.16. The van der Waals surface area contributed by atoms with Crippen molar-refractivity contribution in [3.8, 4) is 0 Å². The Morgan fingerprint density at radius 2 is 1.81 bits per heavy atom. The Labute approximate surface area is 163 Å². The van der Waals surface area contributed by atoms with Crippen LogP contribution in [0.2, 0.25) is 10.0 Å². The molecule has 0 radical (unpaired) electrons. The van der Waals surface area contributed by atoms with Gasteiger partial charge in [-0.3, -0.25) is 4.99 Å². The third kappa shape index (κ3) is 6.17. The highest BCUT2D eigenvalue weighted by Crippen LogP contribution is 2.20. The van der Waals surface area contributed by atoms with E-state index in [-0.39, 0.29) is 4.90 Å². The van der Waals surface area contributed by atoms with E-state index in [1.165, 1.54) is 12.1 Å². The lowest BCUT2D eigenvalue weighted by atomic mass is 10.1. The Morgan fingerprint density at radius 3 is 2.38 bits per heavy atom. The predicted molar refractivity (Wildman–Crippen MR) is 106 cm³/mol. The van der Waals surface area contributed by atoms with Gasteiger partial charge in [0.2, 0.25) is 10.0 Å². The van der Waals surface area contributed by atoms with E-state index in [0.29, 0.717) is 35.5 Å². The quantitative estimate of drug-likeness (QED) is 0.499. The van der Waals surface area contributed by atoms with Gasteiger partial charge in [-0.2, -0.15) is 0 Å².